The zero-order chi connectivity index (χ0) is 0. The van der Waals surface area contributed by atoms with E-state index in [1.807, 2.05) is 0 Å². The number of hydrogen-bond donors (Lipinski definition) is 0. The van der Waals surface area contributed by atoms with Gasteiger partial charge in [-0.3, -0.25) is 0 Å². The topological polar surface area (TPSA) is 0 Å². The average molecular weight is 148 g/mol. The minimum absolute atomic E-state index is 0. The molecule has 0 aliphatic heterocycles. The number of rotatable bonds is 0. The largest absolute Gasteiger partial charge is 0.153 e. The average Bonchev–Trinajstić information content (AvgIpc) is 0. The maximum atomic E-state index is 0. The first-order chi connectivity index (χ1) is 0. The molecule has 0 saturated heterocycles. The minimum Gasteiger partial charge on any atom is -0.153 e. The van der Waals surface area contributed by atoms with Gasteiger partial charge in [0.2, 0.25) is 0 Å². The van der Waals surface area contributed by atoms with Gasteiger partial charge in [0.15, 0.2) is 0 Å². The van der Waals surface area contributed by atoms with Crippen molar-refractivity contribution in [2.24, 2.45) is 0 Å². The molecule has 0 aliphatic carbocycles. The molecule has 0 heterocycles. The van der Waals surface area contributed by atoms with E-state index in [9.17, 15) is 0 Å². The maximum Gasteiger partial charge on any atom is 0 e. The summed E-state index contributed by atoms with van der Waals surface area (Å²) in [6, 6.07) is 0. The Morgan fingerprint density at radius 2 is 0.500 bits per heavy atom. The Kier molecular flexibility index (Phi) is 106. The molecule has 0 aliphatic rings. The molecular formula is H6Ca2P2. The Morgan fingerprint density at radius 1 is 0.500 bits per heavy atom. The van der Waals surface area contributed by atoms with E-state index in [0.717, 1.165) is 0 Å². The molecule has 0 amide bonds. The SMILES string of the molecule is P.P.[Ca].[Ca]. The second-order valence-electron chi connectivity index (χ2n) is 0. The van der Waals surface area contributed by atoms with Gasteiger partial charge in [-0.25, -0.2) is 0 Å². The first-order valence-corrected chi connectivity index (χ1v) is 0. The number of hydrogen-bond acceptors (Lipinski definition) is 0. The minimum atomic E-state index is 0. The fraction of sp³-hybridized carbons (Fsp3) is 0. The van der Waals surface area contributed by atoms with Crippen LogP contribution in [0, 0.1) is 0 Å². The molecule has 4 radical (unpaired) electrons. The Balaban J connectivity index is 0. The molecule has 0 aromatic heterocycles. The van der Waals surface area contributed by atoms with Crippen molar-refractivity contribution >= 4 is 95.3 Å². The standard InChI is InChI=1S/2Ca.2H3P/h;;2*1H3. The predicted octanol–water partition coefficient (Wildman–Crippen LogP) is -0.645. The molecule has 0 aromatic rings. The zero-order valence-corrected chi connectivity index (χ0v) is 10.1. The van der Waals surface area contributed by atoms with Gasteiger partial charge in [0.05, 0.1) is 0 Å². The Labute approximate surface area is 93.1 Å². The van der Waals surface area contributed by atoms with E-state index in [1.165, 1.54) is 0 Å². The molecule has 0 fully saturated rings. The summed E-state index contributed by atoms with van der Waals surface area (Å²) in [6.07, 6.45) is 0. The van der Waals surface area contributed by atoms with E-state index >= 15 is 0 Å². The van der Waals surface area contributed by atoms with E-state index in [2.05, 4.69) is 0 Å². The second kappa shape index (κ2) is 16.2. The fourth-order valence-corrected chi connectivity index (χ4v) is 0. The molecule has 20 valence electrons. The van der Waals surface area contributed by atoms with Crippen LogP contribution >= 0.6 is 19.8 Å². The molecule has 4 heteroatoms. The van der Waals surface area contributed by atoms with Gasteiger partial charge in [0, 0.05) is 75.5 Å². The summed E-state index contributed by atoms with van der Waals surface area (Å²) in [7, 11) is 0. The molecule has 2 unspecified atom stereocenters. The second-order valence-corrected chi connectivity index (χ2v) is 0. The van der Waals surface area contributed by atoms with Crippen LogP contribution in [0.2, 0.25) is 0 Å². The van der Waals surface area contributed by atoms with Crippen LogP contribution in [-0.4, -0.2) is 75.5 Å². The van der Waals surface area contributed by atoms with Crippen molar-refractivity contribution in [2.75, 3.05) is 0 Å². The van der Waals surface area contributed by atoms with Crippen molar-refractivity contribution in [1.82, 2.24) is 0 Å². The van der Waals surface area contributed by atoms with Crippen LogP contribution in [0.5, 0.6) is 0 Å². The summed E-state index contributed by atoms with van der Waals surface area (Å²) in [5.74, 6) is 0. The summed E-state index contributed by atoms with van der Waals surface area (Å²) < 4.78 is 0. The van der Waals surface area contributed by atoms with E-state index < -0.39 is 0 Å². The maximum absolute atomic E-state index is 0. The monoisotopic (exact) mass is 148 g/mol. The third-order valence-electron chi connectivity index (χ3n) is 0. The smallest absolute Gasteiger partial charge is 0 e. The molecule has 0 aromatic carbocycles. The van der Waals surface area contributed by atoms with Crippen molar-refractivity contribution in [1.29, 1.82) is 0 Å². The van der Waals surface area contributed by atoms with Gasteiger partial charge in [0.25, 0.3) is 0 Å². The van der Waals surface area contributed by atoms with Gasteiger partial charge in [-0.1, -0.05) is 0 Å². The van der Waals surface area contributed by atoms with Gasteiger partial charge in [-0.05, 0) is 0 Å². The Hall–Kier alpha value is 3.38. The third kappa shape index (κ3) is 9.03. The normalized spacial score (nSPS) is 0. The van der Waals surface area contributed by atoms with E-state index in [-0.39, 0.29) is 95.3 Å². The first kappa shape index (κ1) is 26.3. The van der Waals surface area contributed by atoms with Crippen LogP contribution < -0.4 is 0 Å². The quantitative estimate of drug-likeness (QED) is 0.316. The first-order valence-electron chi connectivity index (χ1n) is 0. The van der Waals surface area contributed by atoms with Crippen molar-refractivity contribution in [3.63, 3.8) is 0 Å². The molecule has 0 bridgehead atoms. The molecule has 0 rings (SSSR count). The Morgan fingerprint density at radius 3 is 0.500 bits per heavy atom. The molecule has 0 nitrogen and oxygen atoms in total. The summed E-state index contributed by atoms with van der Waals surface area (Å²) in [6.45, 7) is 0. The Bertz CT molecular complexity index is 4.00. The summed E-state index contributed by atoms with van der Waals surface area (Å²) >= 11 is 0. The van der Waals surface area contributed by atoms with Crippen LogP contribution in [0.25, 0.3) is 0 Å². The molecule has 0 saturated carbocycles. The molecule has 2 atom stereocenters. The van der Waals surface area contributed by atoms with Crippen LogP contribution in [0.4, 0.5) is 0 Å². The van der Waals surface area contributed by atoms with Crippen LogP contribution in [0.1, 0.15) is 0 Å². The van der Waals surface area contributed by atoms with Crippen molar-refractivity contribution in [3.05, 3.63) is 0 Å². The van der Waals surface area contributed by atoms with Gasteiger partial charge >= 0.3 is 0 Å². The molecule has 4 heavy (non-hydrogen) atoms. The zero-order valence-electron chi connectivity index (χ0n) is 2.83. The van der Waals surface area contributed by atoms with Gasteiger partial charge in [-0.15, -0.1) is 0 Å². The predicted molar refractivity (Wildman–Crippen MR) is 33.7 cm³/mol. The van der Waals surface area contributed by atoms with Crippen molar-refractivity contribution < 1.29 is 0 Å². The molecule has 0 spiro atoms. The van der Waals surface area contributed by atoms with E-state index in [0.29, 0.717) is 0 Å². The van der Waals surface area contributed by atoms with Crippen molar-refractivity contribution in [3.8, 4) is 0 Å². The van der Waals surface area contributed by atoms with Crippen molar-refractivity contribution in [2.45, 2.75) is 0 Å². The van der Waals surface area contributed by atoms with E-state index in [4.69, 9.17) is 0 Å². The summed E-state index contributed by atoms with van der Waals surface area (Å²) in [4.78, 5) is 0. The molecular weight excluding hydrogens is 142 g/mol. The summed E-state index contributed by atoms with van der Waals surface area (Å²) in [5.41, 5.74) is 0. The van der Waals surface area contributed by atoms with E-state index in [1.54, 1.807) is 0 Å². The molecule has 0 N–H and O–H groups in total. The van der Waals surface area contributed by atoms with Gasteiger partial charge in [-0.2, -0.15) is 19.8 Å². The summed E-state index contributed by atoms with van der Waals surface area (Å²) in [5, 5.41) is 0. The van der Waals surface area contributed by atoms with Crippen LogP contribution in [0.3, 0.4) is 0 Å². The third-order valence-corrected chi connectivity index (χ3v) is 0. The van der Waals surface area contributed by atoms with Crippen LogP contribution in [0.15, 0.2) is 0 Å². The van der Waals surface area contributed by atoms with Gasteiger partial charge < -0.3 is 0 Å². The van der Waals surface area contributed by atoms with Crippen LogP contribution in [-0.2, 0) is 0 Å². The fourth-order valence-electron chi connectivity index (χ4n) is 0. The van der Waals surface area contributed by atoms with Gasteiger partial charge in [0.1, 0.15) is 0 Å².